The molecule has 1 aromatic heterocycles. The minimum absolute atomic E-state index is 0.0179. The molecule has 1 aliphatic carbocycles. The quantitative estimate of drug-likeness (QED) is 0.599. The highest BCUT2D eigenvalue weighted by Gasteiger charge is 2.25. The van der Waals surface area contributed by atoms with Crippen LogP contribution in [0, 0.1) is 19.7 Å². The van der Waals surface area contributed by atoms with E-state index in [9.17, 15) is 17.6 Å². The third-order valence-corrected chi connectivity index (χ3v) is 7.75. The number of hydrogen-bond donors (Lipinski definition) is 1. The molecule has 0 saturated heterocycles. The molecule has 1 aromatic carbocycles. The number of aromatic nitrogens is 1. The number of rotatable bonds is 9. The Morgan fingerprint density at radius 1 is 1.18 bits per heavy atom. The normalized spacial score (nSPS) is 20.2. The fourth-order valence-corrected chi connectivity index (χ4v) is 4.99. The summed E-state index contributed by atoms with van der Waals surface area (Å²) in [6, 6.07) is 8.10. The molecule has 1 N–H and O–H groups in total. The summed E-state index contributed by atoms with van der Waals surface area (Å²) in [5, 5.41) is 0. The molecule has 1 fully saturated rings. The second-order valence-corrected chi connectivity index (χ2v) is 11.0. The number of benzene rings is 1. The van der Waals surface area contributed by atoms with Crippen LogP contribution in [0.4, 0.5) is 4.39 Å². The first-order chi connectivity index (χ1) is 15.6. The van der Waals surface area contributed by atoms with Gasteiger partial charge in [-0.1, -0.05) is 12.1 Å². The lowest BCUT2D eigenvalue weighted by atomic mass is 9.83. The number of ether oxygens (including phenoxy) is 1. The third kappa shape index (κ3) is 6.72. The first kappa shape index (κ1) is 25.6. The molecule has 0 bridgehead atoms. The maximum atomic E-state index is 13.6. The van der Waals surface area contributed by atoms with Crippen LogP contribution in [0.25, 0.3) is 0 Å². The van der Waals surface area contributed by atoms with Crippen LogP contribution < -0.4 is 10.3 Å². The van der Waals surface area contributed by atoms with E-state index in [4.69, 9.17) is 4.74 Å². The van der Waals surface area contributed by atoms with Gasteiger partial charge < -0.3 is 9.30 Å². The minimum atomic E-state index is -3.64. The van der Waals surface area contributed by atoms with Crippen molar-refractivity contribution in [3.8, 4) is 0 Å². The molecule has 2 aromatic rings. The molecular weight excluding hydrogens is 445 g/mol. The predicted octanol–water partition coefficient (Wildman–Crippen LogP) is 3.28. The van der Waals surface area contributed by atoms with Crippen LogP contribution in [0.15, 0.2) is 41.3 Å². The summed E-state index contributed by atoms with van der Waals surface area (Å²) in [7, 11) is -0.733. The van der Waals surface area contributed by atoms with E-state index < -0.39 is 16.3 Å². The fraction of sp³-hybridized carbons (Fsp3) is 0.542. The average molecular weight is 480 g/mol. The van der Waals surface area contributed by atoms with Crippen molar-refractivity contribution in [2.24, 2.45) is 0 Å². The maximum Gasteiger partial charge on any atom is 0.279 e. The summed E-state index contributed by atoms with van der Waals surface area (Å²) < 4.78 is 49.5. The molecule has 7 nitrogen and oxygen atoms in total. The summed E-state index contributed by atoms with van der Waals surface area (Å²) in [5.74, 6) is 0.0954. The molecule has 1 atom stereocenters. The van der Waals surface area contributed by atoms with Crippen LogP contribution in [-0.4, -0.2) is 50.6 Å². The van der Waals surface area contributed by atoms with Crippen LogP contribution in [0.3, 0.4) is 0 Å². The second kappa shape index (κ2) is 10.9. The summed E-state index contributed by atoms with van der Waals surface area (Å²) in [4.78, 5) is 12.8. The predicted molar refractivity (Wildman–Crippen MR) is 127 cm³/mol. The molecule has 182 valence electrons. The van der Waals surface area contributed by atoms with Gasteiger partial charge >= 0.3 is 0 Å². The van der Waals surface area contributed by atoms with Crippen LogP contribution in [0.2, 0.25) is 0 Å². The highest BCUT2D eigenvalue weighted by molar-refractivity contribution is 7.87. The largest absolute Gasteiger partial charge is 0.376 e. The lowest BCUT2D eigenvalue weighted by molar-refractivity contribution is 0.00727. The highest BCUT2D eigenvalue weighted by Crippen LogP contribution is 2.34. The number of nitrogens with one attached hydrogen (secondary N) is 1. The molecule has 33 heavy (non-hydrogen) atoms. The van der Waals surface area contributed by atoms with Crippen molar-refractivity contribution >= 4 is 10.2 Å². The Bertz CT molecular complexity index is 1110. The van der Waals surface area contributed by atoms with Gasteiger partial charge in [-0.3, -0.25) is 4.79 Å². The van der Waals surface area contributed by atoms with Crippen molar-refractivity contribution in [3.05, 3.63) is 69.4 Å². The van der Waals surface area contributed by atoms with E-state index in [2.05, 4.69) is 4.72 Å². The molecule has 1 saturated carbocycles. The van der Waals surface area contributed by atoms with Crippen LogP contribution in [0.1, 0.15) is 54.3 Å². The lowest BCUT2D eigenvalue weighted by Crippen LogP contribution is -2.42. The molecule has 3 rings (SSSR count). The van der Waals surface area contributed by atoms with E-state index >= 15 is 0 Å². The van der Waals surface area contributed by atoms with E-state index in [1.807, 2.05) is 19.1 Å². The van der Waals surface area contributed by atoms with Gasteiger partial charge in [0, 0.05) is 32.4 Å². The van der Waals surface area contributed by atoms with Crippen LogP contribution >= 0.6 is 0 Å². The van der Waals surface area contributed by atoms with E-state index in [1.54, 1.807) is 29.8 Å². The zero-order valence-corrected chi connectivity index (χ0v) is 20.6. The molecule has 0 radical (unpaired) electrons. The Balaban J connectivity index is 1.67. The summed E-state index contributed by atoms with van der Waals surface area (Å²) >= 11 is 0. The van der Waals surface area contributed by atoms with Crippen LogP contribution in [-0.2, 0) is 14.9 Å². The molecule has 1 unspecified atom stereocenters. The molecule has 9 heteroatoms. The summed E-state index contributed by atoms with van der Waals surface area (Å²) in [6.45, 7) is 3.91. The Labute approximate surface area is 195 Å². The molecular formula is C24H34FN3O4S. The Kier molecular flexibility index (Phi) is 8.44. The fourth-order valence-electron chi connectivity index (χ4n) is 4.33. The van der Waals surface area contributed by atoms with Crippen molar-refractivity contribution in [1.82, 2.24) is 13.6 Å². The van der Waals surface area contributed by atoms with E-state index in [0.29, 0.717) is 11.5 Å². The van der Waals surface area contributed by atoms with Crippen molar-refractivity contribution in [2.75, 3.05) is 27.2 Å². The number of pyridine rings is 1. The molecule has 1 heterocycles. The van der Waals surface area contributed by atoms with E-state index in [-0.39, 0.29) is 30.6 Å². The molecule has 0 spiro atoms. The number of halogens is 1. The zero-order valence-electron chi connectivity index (χ0n) is 19.8. The van der Waals surface area contributed by atoms with Gasteiger partial charge in [-0.15, -0.1) is 0 Å². The third-order valence-electron chi connectivity index (χ3n) is 6.25. The molecule has 0 amide bonds. The Hall–Kier alpha value is -2.07. The first-order valence-electron chi connectivity index (χ1n) is 11.3. The smallest absolute Gasteiger partial charge is 0.279 e. The van der Waals surface area contributed by atoms with Gasteiger partial charge in [0.1, 0.15) is 5.82 Å². The van der Waals surface area contributed by atoms with Crippen LogP contribution in [0.5, 0.6) is 0 Å². The van der Waals surface area contributed by atoms with Crippen molar-refractivity contribution in [3.63, 3.8) is 0 Å². The van der Waals surface area contributed by atoms with Gasteiger partial charge in [-0.2, -0.15) is 17.4 Å². The van der Waals surface area contributed by atoms with Gasteiger partial charge in [0.15, 0.2) is 0 Å². The van der Waals surface area contributed by atoms with Gasteiger partial charge in [0.25, 0.3) is 15.8 Å². The van der Waals surface area contributed by atoms with Gasteiger partial charge in [0.05, 0.1) is 18.8 Å². The topological polar surface area (TPSA) is 80.6 Å². The summed E-state index contributed by atoms with van der Waals surface area (Å²) in [6.07, 6.45) is 5.22. The number of aryl methyl sites for hydroxylation is 2. The Morgan fingerprint density at radius 3 is 2.52 bits per heavy atom. The zero-order chi connectivity index (χ0) is 24.2. The Morgan fingerprint density at radius 2 is 1.88 bits per heavy atom. The minimum Gasteiger partial charge on any atom is -0.376 e. The first-order valence-corrected chi connectivity index (χ1v) is 12.7. The summed E-state index contributed by atoms with van der Waals surface area (Å²) in [5.41, 5.74) is 2.38. The molecule has 1 aliphatic rings. The average Bonchev–Trinajstić information content (AvgIpc) is 2.77. The number of nitrogens with zero attached hydrogens (tertiary/aromatic N) is 2. The monoisotopic (exact) mass is 479 g/mol. The standard InChI is InChI=1S/C24H34FN3O4S/c1-17-12-18(2)24(29)28(15-17)22(14-26-33(30,31)27(3)4)16-32-23-10-8-19(9-11-23)20-6-5-7-21(25)13-20/h5-7,12-13,15,19,22-23,26H,8-11,14,16H2,1-4H3. The van der Waals surface area contributed by atoms with E-state index in [1.165, 1.54) is 20.2 Å². The second-order valence-electron chi connectivity index (χ2n) is 9.06. The lowest BCUT2D eigenvalue weighted by Gasteiger charge is -2.31. The van der Waals surface area contributed by atoms with Gasteiger partial charge in [0.2, 0.25) is 0 Å². The maximum absolute atomic E-state index is 13.6. The van der Waals surface area contributed by atoms with Crippen molar-refractivity contribution < 1.29 is 17.5 Å². The van der Waals surface area contributed by atoms with E-state index in [0.717, 1.165) is 41.1 Å². The number of hydrogen-bond acceptors (Lipinski definition) is 4. The van der Waals surface area contributed by atoms with Crippen molar-refractivity contribution in [1.29, 1.82) is 0 Å². The highest BCUT2D eigenvalue weighted by atomic mass is 32.2. The SMILES string of the molecule is Cc1cc(C)c(=O)n(C(CNS(=O)(=O)N(C)C)COC2CCC(c3cccc(F)c3)CC2)c1. The van der Waals surface area contributed by atoms with Gasteiger partial charge in [-0.25, -0.2) is 4.39 Å². The van der Waals surface area contributed by atoms with Gasteiger partial charge in [-0.05, 0) is 74.8 Å². The van der Waals surface area contributed by atoms with Crippen molar-refractivity contribution in [2.45, 2.75) is 57.6 Å². The molecule has 0 aliphatic heterocycles.